The van der Waals surface area contributed by atoms with Gasteiger partial charge in [-0.1, -0.05) is 0 Å². The van der Waals surface area contributed by atoms with Gasteiger partial charge in [-0.3, -0.25) is 19.3 Å². The van der Waals surface area contributed by atoms with Crippen LogP contribution in [-0.2, 0) is 4.74 Å². The molecule has 2 aromatic carbocycles. The van der Waals surface area contributed by atoms with Gasteiger partial charge in [-0.15, -0.1) is 10.2 Å². The second kappa shape index (κ2) is 8.90. The van der Waals surface area contributed by atoms with Crippen LogP contribution >= 0.6 is 0 Å². The molecule has 1 unspecified atom stereocenters. The number of anilines is 1. The molecule has 10 heteroatoms. The maximum atomic E-state index is 12.9. The Hall–Kier alpha value is -4.57. The Labute approximate surface area is 204 Å². The first-order valence-electron chi connectivity index (χ1n) is 11.5. The first-order chi connectivity index (χ1) is 17.6. The Balaban J connectivity index is 1.14. The zero-order chi connectivity index (χ0) is 24.6. The van der Waals surface area contributed by atoms with Crippen LogP contribution in [0, 0.1) is 0 Å². The number of fused-ring (bicyclic) bond motifs is 1. The minimum absolute atomic E-state index is 0.137. The van der Waals surface area contributed by atoms with Gasteiger partial charge >= 0.3 is 0 Å². The van der Waals surface area contributed by atoms with Gasteiger partial charge in [0.2, 0.25) is 5.89 Å². The summed E-state index contributed by atoms with van der Waals surface area (Å²) >= 11 is 0. The average Bonchev–Trinajstić information content (AvgIpc) is 3.71. The highest BCUT2D eigenvalue weighted by Gasteiger charge is 2.38. The summed E-state index contributed by atoms with van der Waals surface area (Å²) in [7, 11) is 0. The molecule has 1 fully saturated rings. The Morgan fingerprint density at radius 2 is 1.81 bits per heavy atom. The van der Waals surface area contributed by atoms with E-state index >= 15 is 0 Å². The predicted molar refractivity (Wildman–Crippen MR) is 126 cm³/mol. The number of rotatable bonds is 6. The second-order valence-corrected chi connectivity index (χ2v) is 8.54. The second-order valence-electron chi connectivity index (χ2n) is 8.54. The molecule has 180 valence electrons. The zero-order valence-electron chi connectivity index (χ0n) is 19.0. The summed E-state index contributed by atoms with van der Waals surface area (Å²) in [4.78, 5) is 39.6. The van der Waals surface area contributed by atoms with Crippen LogP contribution < -0.4 is 5.32 Å². The molecule has 0 saturated carbocycles. The van der Waals surface area contributed by atoms with Crippen molar-refractivity contribution in [3.63, 3.8) is 0 Å². The van der Waals surface area contributed by atoms with Crippen LogP contribution in [0.25, 0.3) is 23.1 Å². The number of hydrogen-bond donors (Lipinski definition) is 1. The van der Waals surface area contributed by atoms with Crippen LogP contribution in [-0.4, -0.2) is 52.1 Å². The normalized spacial score (nSPS) is 17.0. The number of carbonyl (C=O) groups is 3. The maximum absolute atomic E-state index is 12.9. The summed E-state index contributed by atoms with van der Waals surface area (Å²) in [6.45, 7) is 0.864. The molecular weight excluding hydrogens is 464 g/mol. The highest BCUT2D eigenvalue weighted by atomic mass is 16.5. The quantitative estimate of drug-likeness (QED) is 0.407. The number of imide groups is 1. The molecule has 1 atom stereocenters. The van der Waals surface area contributed by atoms with Crippen LogP contribution in [0.1, 0.15) is 43.9 Å². The minimum Gasteiger partial charge on any atom is -0.459 e. The Bertz CT molecular complexity index is 1450. The van der Waals surface area contributed by atoms with E-state index in [9.17, 15) is 14.4 Å². The third-order valence-electron chi connectivity index (χ3n) is 6.19. The summed E-state index contributed by atoms with van der Waals surface area (Å²) in [5.41, 5.74) is 2.01. The molecule has 4 heterocycles. The molecule has 0 aliphatic carbocycles. The third kappa shape index (κ3) is 3.97. The number of nitrogens with zero attached hydrogens (tertiary/aromatic N) is 3. The monoisotopic (exact) mass is 484 g/mol. The van der Waals surface area contributed by atoms with E-state index in [-0.39, 0.29) is 35.6 Å². The molecule has 2 aromatic heterocycles. The smallest absolute Gasteiger partial charge is 0.283 e. The molecule has 1 N–H and O–H groups in total. The summed E-state index contributed by atoms with van der Waals surface area (Å²) in [6, 6.07) is 14.9. The first-order valence-corrected chi connectivity index (χ1v) is 11.5. The van der Waals surface area contributed by atoms with E-state index in [0.29, 0.717) is 35.1 Å². The van der Waals surface area contributed by atoms with Crippen LogP contribution in [0.3, 0.4) is 0 Å². The number of aromatic nitrogens is 2. The molecule has 1 saturated heterocycles. The van der Waals surface area contributed by atoms with Gasteiger partial charge in [0.25, 0.3) is 23.6 Å². The molecule has 4 aromatic rings. The number of nitrogens with one attached hydrogen (secondary N) is 1. The third-order valence-corrected chi connectivity index (χ3v) is 6.19. The Morgan fingerprint density at radius 1 is 1.00 bits per heavy atom. The molecule has 0 spiro atoms. The topological polar surface area (TPSA) is 128 Å². The lowest BCUT2D eigenvalue weighted by Gasteiger charge is -2.17. The SMILES string of the molecule is O=C(Nc1ccc(-c2nnc(-c3ccco3)o2)cc1)c1ccc2c(c1)C(=O)N(CC1CCCO1)C2=O. The van der Waals surface area contributed by atoms with E-state index in [1.165, 1.54) is 29.4 Å². The molecule has 36 heavy (non-hydrogen) atoms. The van der Waals surface area contributed by atoms with Crippen molar-refractivity contribution in [1.82, 2.24) is 15.1 Å². The van der Waals surface area contributed by atoms with Gasteiger partial charge in [-0.2, -0.15) is 0 Å². The summed E-state index contributed by atoms with van der Waals surface area (Å²) in [6.07, 6.45) is 3.12. The van der Waals surface area contributed by atoms with Gasteiger partial charge in [0, 0.05) is 23.4 Å². The lowest BCUT2D eigenvalue weighted by Crippen LogP contribution is -2.36. The van der Waals surface area contributed by atoms with Gasteiger partial charge in [0.15, 0.2) is 5.76 Å². The van der Waals surface area contributed by atoms with Crippen molar-refractivity contribution in [3.8, 4) is 23.1 Å². The molecule has 3 amide bonds. The molecule has 10 nitrogen and oxygen atoms in total. The van der Waals surface area contributed by atoms with E-state index in [4.69, 9.17) is 13.6 Å². The number of carbonyl (C=O) groups excluding carboxylic acids is 3. The molecule has 0 bridgehead atoms. The fourth-order valence-electron chi connectivity index (χ4n) is 4.33. The van der Waals surface area contributed by atoms with Crippen LogP contribution in [0.15, 0.2) is 69.7 Å². The van der Waals surface area contributed by atoms with Crippen molar-refractivity contribution < 1.29 is 28.0 Å². The summed E-state index contributed by atoms with van der Waals surface area (Å²) < 4.78 is 16.5. The lowest BCUT2D eigenvalue weighted by atomic mass is 10.1. The average molecular weight is 484 g/mol. The predicted octanol–water partition coefficient (Wildman–Crippen LogP) is 4.02. The highest BCUT2D eigenvalue weighted by molar-refractivity contribution is 6.22. The molecule has 0 radical (unpaired) electrons. The number of hydrogen-bond acceptors (Lipinski definition) is 8. The van der Waals surface area contributed by atoms with E-state index in [2.05, 4.69) is 15.5 Å². The van der Waals surface area contributed by atoms with Gasteiger partial charge in [0.1, 0.15) is 0 Å². The van der Waals surface area contributed by atoms with Crippen LogP contribution in [0.2, 0.25) is 0 Å². The van der Waals surface area contributed by atoms with Gasteiger partial charge in [-0.05, 0) is 67.4 Å². The largest absolute Gasteiger partial charge is 0.459 e. The molecule has 2 aliphatic rings. The Kier molecular flexibility index (Phi) is 5.42. The standard InChI is InChI=1S/C26H20N4O6/c31-22(16-7-10-19-20(13-16)26(33)30(25(19)32)14-18-3-1-11-34-18)27-17-8-5-15(6-9-17)23-28-29-24(36-23)21-4-2-12-35-21/h2,4-10,12-13,18H,1,3,11,14H2,(H,27,31). The fraction of sp³-hybridized carbons (Fsp3) is 0.192. The lowest BCUT2D eigenvalue weighted by molar-refractivity contribution is 0.0475. The number of furan rings is 1. The zero-order valence-corrected chi connectivity index (χ0v) is 19.0. The van der Waals surface area contributed by atoms with Gasteiger partial charge in [0.05, 0.1) is 30.0 Å². The maximum Gasteiger partial charge on any atom is 0.283 e. The van der Waals surface area contributed by atoms with E-state index < -0.39 is 11.8 Å². The number of ether oxygens (including phenoxy) is 1. The van der Waals surface area contributed by atoms with Crippen molar-refractivity contribution in [3.05, 3.63) is 77.6 Å². The van der Waals surface area contributed by atoms with E-state index in [1.807, 2.05) is 0 Å². The van der Waals surface area contributed by atoms with Crippen LogP contribution in [0.4, 0.5) is 5.69 Å². The minimum atomic E-state index is -0.405. The van der Waals surface area contributed by atoms with Crippen molar-refractivity contribution in [2.24, 2.45) is 0 Å². The van der Waals surface area contributed by atoms with E-state index in [1.54, 1.807) is 36.4 Å². The fourth-order valence-corrected chi connectivity index (χ4v) is 4.33. The molecular formula is C26H20N4O6. The van der Waals surface area contributed by atoms with Crippen molar-refractivity contribution >= 4 is 23.4 Å². The van der Waals surface area contributed by atoms with Crippen LogP contribution in [0.5, 0.6) is 0 Å². The highest BCUT2D eigenvalue weighted by Crippen LogP contribution is 2.28. The van der Waals surface area contributed by atoms with Crippen molar-refractivity contribution in [1.29, 1.82) is 0 Å². The number of benzene rings is 2. The summed E-state index contributed by atoms with van der Waals surface area (Å²) in [5.74, 6) is -0.106. The van der Waals surface area contributed by atoms with Gasteiger partial charge in [-0.25, -0.2) is 0 Å². The molecule has 2 aliphatic heterocycles. The Morgan fingerprint density at radius 3 is 2.56 bits per heavy atom. The van der Waals surface area contributed by atoms with Crippen molar-refractivity contribution in [2.75, 3.05) is 18.5 Å². The number of amides is 3. The van der Waals surface area contributed by atoms with Gasteiger partial charge < -0.3 is 18.9 Å². The van der Waals surface area contributed by atoms with E-state index in [0.717, 1.165) is 12.8 Å². The summed E-state index contributed by atoms with van der Waals surface area (Å²) in [5, 5.41) is 10.8. The molecule has 6 rings (SSSR count). The van der Waals surface area contributed by atoms with Crippen molar-refractivity contribution in [2.45, 2.75) is 18.9 Å². The first kappa shape index (κ1) is 21.9.